The van der Waals surface area contributed by atoms with Crippen LogP contribution in [0.4, 0.5) is 8.78 Å². The van der Waals surface area contributed by atoms with Crippen molar-refractivity contribution in [1.29, 1.82) is 0 Å². The van der Waals surface area contributed by atoms with Gasteiger partial charge in [-0.05, 0) is 0 Å². The van der Waals surface area contributed by atoms with Crippen LogP contribution in [0.25, 0.3) is 0 Å². The van der Waals surface area contributed by atoms with E-state index in [4.69, 9.17) is 0 Å². The number of alkyl halides is 2. The lowest BCUT2D eigenvalue weighted by molar-refractivity contribution is 0.170. The maximum Gasteiger partial charge on any atom is 0.272 e. The van der Waals surface area contributed by atoms with Crippen molar-refractivity contribution in [1.82, 2.24) is 0 Å². The van der Waals surface area contributed by atoms with E-state index in [-0.39, 0.29) is 0 Å². The zero-order chi connectivity index (χ0) is 7.49. The fraction of sp³-hybridized carbons (Fsp3) is 1.00. The fourth-order valence-electron chi connectivity index (χ4n) is 0.222. The normalized spacial score (nSPS) is 12.4. The molecule has 9 heavy (non-hydrogen) atoms. The molecule has 0 aliphatic heterocycles. The molecule has 0 saturated carbocycles. The fourth-order valence-corrected chi connectivity index (χ4v) is 0.667. The zero-order valence-corrected chi connectivity index (χ0v) is 5.49. The molecule has 0 aromatic heterocycles. The smallest absolute Gasteiger partial charge is 0.272 e. The van der Waals surface area contributed by atoms with Crippen LogP contribution in [0.1, 0.15) is 0 Å². The summed E-state index contributed by atoms with van der Waals surface area (Å²) in [5, 5.41) is 0. The van der Waals surface area contributed by atoms with Gasteiger partial charge in [-0.3, -0.25) is 4.18 Å². The first-order chi connectivity index (χ1) is 3.98. The van der Waals surface area contributed by atoms with Crippen LogP contribution in [0.2, 0.25) is 0 Å². The molecule has 0 aromatic rings. The molecule has 3 nitrogen and oxygen atoms in total. The summed E-state index contributed by atoms with van der Waals surface area (Å²) in [4.78, 5) is 0. The molecule has 56 valence electrons. The number of halogens is 2. The lowest BCUT2D eigenvalue weighted by atomic mass is 10.9. The quantitative estimate of drug-likeness (QED) is 0.555. The molecule has 0 aromatic carbocycles. The standard InChI is InChI=1S/C3H6F2O3S/c1-8-9(6,7)2-3(4)5/h3H,2H2,1H3. The third kappa shape index (κ3) is 4.28. The Morgan fingerprint density at radius 2 is 2.00 bits per heavy atom. The van der Waals surface area contributed by atoms with Crippen LogP contribution in [-0.2, 0) is 14.3 Å². The van der Waals surface area contributed by atoms with Gasteiger partial charge < -0.3 is 0 Å². The molecule has 0 atom stereocenters. The molecule has 0 fully saturated rings. The predicted molar refractivity (Wildman–Crippen MR) is 26.8 cm³/mol. The van der Waals surface area contributed by atoms with Gasteiger partial charge in [0.1, 0.15) is 5.75 Å². The second-order valence-electron chi connectivity index (χ2n) is 1.28. The number of hydrogen-bond acceptors (Lipinski definition) is 3. The third-order valence-electron chi connectivity index (χ3n) is 0.584. The topological polar surface area (TPSA) is 43.4 Å². The summed E-state index contributed by atoms with van der Waals surface area (Å²) in [5.41, 5.74) is 0. The lowest BCUT2D eigenvalue weighted by Gasteiger charge is -1.97. The first kappa shape index (κ1) is 8.77. The minimum atomic E-state index is -3.97. The van der Waals surface area contributed by atoms with E-state index >= 15 is 0 Å². The third-order valence-corrected chi connectivity index (χ3v) is 1.75. The zero-order valence-electron chi connectivity index (χ0n) is 4.67. The van der Waals surface area contributed by atoms with E-state index < -0.39 is 22.3 Å². The highest BCUT2D eigenvalue weighted by Gasteiger charge is 2.16. The number of rotatable bonds is 3. The SMILES string of the molecule is COS(=O)(=O)CC(F)F. The Balaban J connectivity index is 3.90. The monoisotopic (exact) mass is 160 g/mol. The van der Waals surface area contributed by atoms with E-state index in [0.29, 0.717) is 0 Å². The van der Waals surface area contributed by atoms with Gasteiger partial charge in [-0.1, -0.05) is 0 Å². The summed E-state index contributed by atoms with van der Waals surface area (Å²) in [7, 11) is -3.12. The first-order valence-electron chi connectivity index (χ1n) is 2.04. The highest BCUT2D eigenvalue weighted by molar-refractivity contribution is 7.86. The van der Waals surface area contributed by atoms with E-state index in [2.05, 4.69) is 4.18 Å². The van der Waals surface area contributed by atoms with Gasteiger partial charge in [0.05, 0.1) is 7.11 Å². The average molecular weight is 160 g/mol. The Labute approximate surface area is 51.7 Å². The predicted octanol–water partition coefficient (Wildman–Crippen LogP) is 0.228. The van der Waals surface area contributed by atoms with E-state index in [1.807, 2.05) is 0 Å². The van der Waals surface area contributed by atoms with Crippen LogP contribution >= 0.6 is 0 Å². The van der Waals surface area contributed by atoms with Crippen molar-refractivity contribution in [2.24, 2.45) is 0 Å². The summed E-state index contributed by atoms with van der Waals surface area (Å²) in [6, 6.07) is 0. The maximum absolute atomic E-state index is 11.3. The van der Waals surface area contributed by atoms with Gasteiger partial charge in [0.2, 0.25) is 0 Å². The molecule has 0 aliphatic rings. The highest BCUT2D eigenvalue weighted by atomic mass is 32.2. The number of hydrogen-bond donors (Lipinski definition) is 0. The van der Waals surface area contributed by atoms with Crippen LogP contribution in [0.5, 0.6) is 0 Å². The molecule has 0 spiro atoms. The van der Waals surface area contributed by atoms with Gasteiger partial charge in [-0.25, -0.2) is 8.78 Å². The molecule has 0 saturated heterocycles. The Morgan fingerprint density at radius 3 is 2.11 bits per heavy atom. The van der Waals surface area contributed by atoms with Gasteiger partial charge in [-0.15, -0.1) is 0 Å². The molecule has 0 heterocycles. The molecule has 0 aliphatic carbocycles. The summed E-state index contributed by atoms with van der Waals surface area (Å²) in [6.45, 7) is 0. The molecule has 0 rings (SSSR count). The van der Waals surface area contributed by atoms with Crippen molar-refractivity contribution in [3.8, 4) is 0 Å². The minimum absolute atomic E-state index is 0.845. The van der Waals surface area contributed by atoms with E-state index in [1.54, 1.807) is 0 Å². The molecule has 0 radical (unpaired) electrons. The first-order valence-corrected chi connectivity index (χ1v) is 3.62. The van der Waals surface area contributed by atoms with Crippen LogP contribution < -0.4 is 0 Å². The molecule has 6 heteroatoms. The van der Waals surface area contributed by atoms with Gasteiger partial charge in [0.25, 0.3) is 16.5 Å². The molecular weight excluding hydrogens is 154 g/mol. The Bertz CT molecular complexity index is 162. The molecular formula is C3H6F2O3S. The maximum atomic E-state index is 11.3. The average Bonchev–Trinajstić information content (AvgIpc) is 1.63. The van der Waals surface area contributed by atoms with E-state index in [1.165, 1.54) is 0 Å². The van der Waals surface area contributed by atoms with Crippen molar-refractivity contribution in [2.75, 3.05) is 12.9 Å². The summed E-state index contributed by atoms with van der Waals surface area (Å²) in [5.74, 6) is -1.23. The van der Waals surface area contributed by atoms with E-state index in [0.717, 1.165) is 7.11 Å². The van der Waals surface area contributed by atoms with E-state index in [9.17, 15) is 17.2 Å². The lowest BCUT2D eigenvalue weighted by Crippen LogP contribution is -2.14. The summed E-state index contributed by atoms with van der Waals surface area (Å²) >= 11 is 0. The van der Waals surface area contributed by atoms with Crippen LogP contribution in [-0.4, -0.2) is 27.7 Å². The van der Waals surface area contributed by atoms with Crippen molar-refractivity contribution in [3.63, 3.8) is 0 Å². The van der Waals surface area contributed by atoms with Crippen molar-refractivity contribution < 1.29 is 21.4 Å². The highest BCUT2D eigenvalue weighted by Crippen LogP contribution is 1.99. The summed E-state index contributed by atoms with van der Waals surface area (Å²) < 4.78 is 46.5. The van der Waals surface area contributed by atoms with Crippen LogP contribution in [0.15, 0.2) is 0 Å². The molecule has 0 unspecified atom stereocenters. The Kier molecular flexibility index (Phi) is 2.99. The second kappa shape index (κ2) is 3.07. The van der Waals surface area contributed by atoms with Crippen molar-refractivity contribution in [2.45, 2.75) is 6.43 Å². The van der Waals surface area contributed by atoms with Crippen molar-refractivity contribution in [3.05, 3.63) is 0 Å². The van der Waals surface area contributed by atoms with Gasteiger partial charge in [-0.2, -0.15) is 8.42 Å². The summed E-state index contributed by atoms with van der Waals surface area (Å²) in [6.07, 6.45) is -2.87. The minimum Gasteiger partial charge on any atom is -0.273 e. The molecule has 0 bridgehead atoms. The Hall–Kier alpha value is -0.230. The largest absolute Gasteiger partial charge is 0.273 e. The molecule has 0 amide bonds. The van der Waals surface area contributed by atoms with Crippen LogP contribution in [0.3, 0.4) is 0 Å². The van der Waals surface area contributed by atoms with Gasteiger partial charge in [0.15, 0.2) is 0 Å². The van der Waals surface area contributed by atoms with Crippen LogP contribution in [0, 0.1) is 0 Å². The Morgan fingerprint density at radius 1 is 1.56 bits per heavy atom. The molecule has 0 N–H and O–H groups in total. The van der Waals surface area contributed by atoms with Gasteiger partial charge in [0, 0.05) is 0 Å². The van der Waals surface area contributed by atoms with Crippen molar-refractivity contribution >= 4 is 10.1 Å². The van der Waals surface area contributed by atoms with Gasteiger partial charge >= 0.3 is 0 Å². The second-order valence-corrected chi connectivity index (χ2v) is 3.06.